The Kier molecular flexibility index (Phi) is 4.60. The normalized spacial score (nSPS) is 11.3. The maximum Gasteiger partial charge on any atom is 0.264 e. The summed E-state index contributed by atoms with van der Waals surface area (Å²) in [6.45, 7) is 1.87. The number of aryl methyl sites for hydroxylation is 1. The highest BCUT2D eigenvalue weighted by Gasteiger charge is 2.20. The highest BCUT2D eigenvalue weighted by molar-refractivity contribution is 7.15. The van der Waals surface area contributed by atoms with Crippen LogP contribution in [0.5, 0.6) is 0 Å². The van der Waals surface area contributed by atoms with Crippen molar-refractivity contribution in [3.05, 3.63) is 64.4 Å². The zero-order valence-electron chi connectivity index (χ0n) is 14.5. The molecular weight excluding hydrogens is 389 g/mol. The monoisotopic (exact) mass is 402 g/mol. The van der Waals surface area contributed by atoms with Crippen molar-refractivity contribution in [2.45, 2.75) is 13.3 Å². The van der Waals surface area contributed by atoms with Crippen LogP contribution in [0.25, 0.3) is 22.4 Å². The molecule has 142 valence electrons. The summed E-state index contributed by atoms with van der Waals surface area (Å²) in [6.07, 6.45) is -1.22. The van der Waals surface area contributed by atoms with E-state index in [4.69, 9.17) is 0 Å². The topological polar surface area (TPSA) is 70.7 Å². The number of alkyl halides is 2. The highest BCUT2D eigenvalue weighted by atomic mass is 32.1. The third-order valence-electron chi connectivity index (χ3n) is 4.10. The number of benzene rings is 2. The molecular formula is C19H13F3N4OS. The van der Waals surface area contributed by atoms with Crippen LogP contribution in [0, 0.1) is 12.7 Å². The van der Waals surface area contributed by atoms with Crippen LogP contribution >= 0.6 is 11.3 Å². The number of nitrogens with zero attached hydrogens (tertiary/aromatic N) is 2. The Bertz CT molecular complexity index is 1190. The Balaban J connectivity index is 1.77. The number of fused-ring (bicyclic) bond motifs is 1. The lowest BCUT2D eigenvalue weighted by molar-refractivity contribution is 0.102. The van der Waals surface area contributed by atoms with Crippen molar-refractivity contribution in [2.75, 3.05) is 5.32 Å². The number of hydrogen-bond donors (Lipinski definition) is 2. The summed E-state index contributed by atoms with van der Waals surface area (Å²) >= 11 is 1.33. The number of para-hydroxylation sites is 1. The summed E-state index contributed by atoms with van der Waals surface area (Å²) in [5.41, 5.74) is 0.710. The van der Waals surface area contributed by atoms with E-state index in [-0.39, 0.29) is 17.0 Å². The number of hydrogen-bond acceptors (Lipinski definition) is 4. The molecule has 1 amide bonds. The first-order chi connectivity index (χ1) is 13.4. The molecule has 4 aromatic rings. The van der Waals surface area contributed by atoms with Gasteiger partial charge in [0.15, 0.2) is 5.13 Å². The van der Waals surface area contributed by atoms with E-state index in [9.17, 15) is 18.0 Å². The SMILES string of the molecule is Cc1cnc(NC(=O)c2cccc3[nH]c(-c4ccc(F)cc4C(F)F)nc23)s1. The van der Waals surface area contributed by atoms with Crippen LogP contribution < -0.4 is 5.32 Å². The number of halogens is 3. The maximum absolute atomic E-state index is 13.4. The van der Waals surface area contributed by atoms with E-state index in [1.165, 1.54) is 17.4 Å². The van der Waals surface area contributed by atoms with Crippen LogP contribution in [0.15, 0.2) is 42.6 Å². The number of carbonyl (C=O) groups excluding carboxylic acids is 1. The summed E-state index contributed by atoms with van der Waals surface area (Å²) in [7, 11) is 0. The molecule has 0 saturated carbocycles. The van der Waals surface area contributed by atoms with Crippen LogP contribution in [-0.2, 0) is 0 Å². The molecule has 2 aromatic heterocycles. The average molecular weight is 402 g/mol. The van der Waals surface area contributed by atoms with Crippen LogP contribution in [0.3, 0.4) is 0 Å². The van der Waals surface area contributed by atoms with Gasteiger partial charge in [0, 0.05) is 22.2 Å². The second kappa shape index (κ2) is 7.08. The Morgan fingerprint density at radius 2 is 2.07 bits per heavy atom. The first kappa shape index (κ1) is 18.2. The van der Waals surface area contributed by atoms with Crippen molar-refractivity contribution in [2.24, 2.45) is 0 Å². The van der Waals surface area contributed by atoms with Gasteiger partial charge in [-0.25, -0.2) is 23.1 Å². The van der Waals surface area contributed by atoms with Crippen molar-refractivity contribution in [3.8, 4) is 11.4 Å². The van der Waals surface area contributed by atoms with Crippen molar-refractivity contribution in [3.63, 3.8) is 0 Å². The summed E-state index contributed by atoms with van der Waals surface area (Å²) in [6, 6.07) is 8.04. The number of aromatic nitrogens is 3. The van der Waals surface area contributed by atoms with Crippen molar-refractivity contribution in [1.82, 2.24) is 15.0 Å². The zero-order valence-corrected chi connectivity index (χ0v) is 15.3. The standard InChI is InChI=1S/C19H13F3N4OS/c1-9-8-23-19(28-9)26-18(27)12-3-2-4-14-15(12)25-17(24-14)11-6-5-10(20)7-13(11)16(21)22/h2-8,16H,1H3,(H,24,25)(H,23,26,27). The Labute approximate surface area is 161 Å². The lowest BCUT2D eigenvalue weighted by Gasteiger charge is -2.06. The summed E-state index contributed by atoms with van der Waals surface area (Å²) in [5, 5.41) is 3.15. The molecule has 28 heavy (non-hydrogen) atoms. The Hall–Kier alpha value is -3.20. The maximum atomic E-state index is 13.4. The van der Waals surface area contributed by atoms with Crippen LogP contribution in [-0.4, -0.2) is 20.9 Å². The first-order valence-electron chi connectivity index (χ1n) is 8.23. The minimum absolute atomic E-state index is 0.0782. The van der Waals surface area contributed by atoms with Crippen molar-refractivity contribution >= 4 is 33.4 Å². The lowest BCUT2D eigenvalue weighted by atomic mass is 10.1. The fraction of sp³-hybridized carbons (Fsp3) is 0.105. The third kappa shape index (κ3) is 3.36. The van der Waals surface area contributed by atoms with E-state index in [1.54, 1.807) is 24.4 Å². The van der Waals surface area contributed by atoms with Crippen LogP contribution in [0.4, 0.5) is 18.3 Å². The number of aromatic amines is 1. The molecule has 0 unspecified atom stereocenters. The number of imidazole rings is 1. The number of rotatable bonds is 4. The summed E-state index contributed by atoms with van der Waals surface area (Å²) in [5.74, 6) is -1.03. The van der Waals surface area contributed by atoms with E-state index >= 15 is 0 Å². The molecule has 5 nitrogen and oxygen atoms in total. The largest absolute Gasteiger partial charge is 0.338 e. The number of amides is 1. The van der Waals surface area contributed by atoms with Crippen molar-refractivity contribution < 1.29 is 18.0 Å². The van der Waals surface area contributed by atoms with Crippen LogP contribution in [0.1, 0.15) is 27.2 Å². The predicted molar refractivity (Wildman–Crippen MR) is 101 cm³/mol. The molecule has 0 saturated heterocycles. The van der Waals surface area contributed by atoms with Gasteiger partial charge in [-0.15, -0.1) is 11.3 Å². The van der Waals surface area contributed by atoms with E-state index in [0.717, 1.165) is 17.0 Å². The Morgan fingerprint density at radius 3 is 2.79 bits per heavy atom. The van der Waals surface area contributed by atoms with Gasteiger partial charge in [-0.05, 0) is 37.3 Å². The van der Waals surface area contributed by atoms with Gasteiger partial charge in [-0.2, -0.15) is 0 Å². The smallest absolute Gasteiger partial charge is 0.264 e. The molecule has 0 atom stereocenters. The first-order valence-corrected chi connectivity index (χ1v) is 9.04. The molecule has 4 rings (SSSR count). The van der Waals surface area contributed by atoms with E-state index in [1.807, 2.05) is 6.92 Å². The van der Waals surface area contributed by atoms with Crippen molar-refractivity contribution in [1.29, 1.82) is 0 Å². The summed E-state index contributed by atoms with van der Waals surface area (Å²) < 4.78 is 40.0. The average Bonchev–Trinajstić information content (AvgIpc) is 3.27. The quantitative estimate of drug-likeness (QED) is 0.485. The van der Waals surface area contributed by atoms with Gasteiger partial charge in [0.2, 0.25) is 0 Å². The summed E-state index contributed by atoms with van der Waals surface area (Å²) in [4.78, 5) is 24.9. The van der Waals surface area contributed by atoms with E-state index in [2.05, 4.69) is 20.3 Å². The molecule has 2 aromatic carbocycles. The number of carbonyl (C=O) groups is 1. The molecule has 0 radical (unpaired) electrons. The van der Waals surface area contributed by atoms with E-state index < -0.39 is 23.7 Å². The van der Waals surface area contributed by atoms with Gasteiger partial charge in [0.25, 0.3) is 12.3 Å². The van der Waals surface area contributed by atoms with Gasteiger partial charge in [0.1, 0.15) is 17.2 Å². The van der Waals surface area contributed by atoms with Gasteiger partial charge in [0.05, 0.1) is 11.1 Å². The fourth-order valence-electron chi connectivity index (χ4n) is 2.85. The van der Waals surface area contributed by atoms with Crippen LogP contribution in [0.2, 0.25) is 0 Å². The minimum atomic E-state index is -2.87. The predicted octanol–water partition coefficient (Wildman–Crippen LogP) is 5.32. The van der Waals surface area contributed by atoms with Gasteiger partial charge in [-0.1, -0.05) is 6.07 Å². The molecule has 0 spiro atoms. The molecule has 2 N–H and O–H groups in total. The number of H-pyrrole nitrogens is 1. The molecule has 0 fully saturated rings. The molecule has 0 bridgehead atoms. The Morgan fingerprint density at radius 1 is 1.25 bits per heavy atom. The number of anilines is 1. The number of thiazole rings is 1. The fourth-order valence-corrected chi connectivity index (χ4v) is 3.51. The molecule has 2 heterocycles. The molecule has 0 aliphatic carbocycles. The van der Waals surface area contributed by atoms with E-state index in [0.29, 0.717) is 16.2 Å². The minimum Gasteiger partial charge on any atom is -0.338 e. The van der Waals surface area contributed by atoms with Gasteiger partial charge >= 0.3 is 0 Å². The second-order valence-corrected chi connectivity index (χ2v) is 7.28. The zero-order chi connectivity index (χ0) is 19.8. The molecule has 0 aliphatic heterocycles. The van der Waals surface area contributed by atoms with Gasteiger partial charge < -0.3 is 4.98 Å². The molecule has 9 heteroatoms. The third-order valence-corrected chi connectivity index (χ3v) is 4.93. The second-order valence-electron chi connectivity index (χ2n) is 6.05. The highest BCUT2D eigenvalue weighted by Crippen LogP contribution is 2.32. The number of nitrogens with one attached hydrogen (secondary N) is 2. The van der Waals surface area contributed by atoms with Gasteiger partial charge in [-0.3, -0.25) is 10.1 Å². The lowest BCUT2D eigenvalue weighted by Crippen LogP contribution is -2.12. The molecule has 0 aliphatic rings.